The maximum Gasteiger partial charge on any atom is 0.181 e. The predicted molar refractivity (Wildman–Crippen MR) is 70.7 cm³/mol. The lowest BCUT2D eigenvalue weighted by molar-refractivity contribution is 0.256. The van der Waals surface area contributed by atoms with E-state index < -0.39 is 6.10 Å². The maximum atomic E-state index is 8.83. The van der Waals surface area contributed by atoms with Gasteiger partial charge >= 0.3 is 0 Å². The van der Waals surface area contributed by atoms with Crippen molar-refractivity contribution in [3.63, 3.8) is 0 Å². The molecule has 0 fully saturated rings. The molecular formula is C14H20N2O2. The molecule has 4 nitrogen and oxygen atoms in total. The van der Waals surface area contributed by atoms with Crippen LogP contribution in [-0.2, 0) is 6.54 Å². The lowest BCUT2D eigenvalue weighted by Crippen LogP contribution is -2.17. The van der Waals surface area contributed by atoms with E-state index >= 15 is 0 Å². The monoisotopic (exact) mass is 248 g/mol. The Bertz CT molecular complexity index is 413. The molecule has 0 aliphatic rings. The van der Waals surface area contributed by atoms with Gasteiger partial charge in [0.1, 0.15) is 6.07 Å². The summed E-state index contributed by atoms with van der Waals surface area (Å²) < 4.78 is 10.9. The van der Waals surface area contributed by atoms with E-state index in [-0.39, 0.29) is 0 Å². The van der Waals surface area contributed by atoms with Gasteiger partial charge in [-0.15, -0.1) is 0 Å². The van der Waals surface area contributed by atoms with Crippen molar-refractivity contribution >= 4 is 0 Å². The van der Waals surface area contributed by atoms with Crippen molar-refractivity contribution in [1.82, 2.24) is 5.32 Å². The first-order valence-corrected chi connectivity index (χ1v) is 6.15. The highest BCUT2D eigenvalue weighted by molar-refractivity contribution is 5.47. The first-order valence-electron chi connectivity index (χ1n) is 6.15. The Hall–Kier alpha value is -1.73. The van der Waals surface area contributed by atoms with Gasteiger partial charge in [-0.2, -0.15) is 5.26 Å². The van der Waals surface area contributed by atoms with Crippen LogP contribution < -0.4 is 14.8 Å². The summed E-state index contributed by atoms with van der Waals surface area (Å²) in [4.78, 5) is 0. The zero-order valence-corrected chi connectivity index (χ0v) is 11.2. The fourth-order valence-corrected chi connectivity index (χ4v) is 1.60. The molecule has 1 rings (SSSR count). The van der Waals surface area contributed by atoms with Gasteiger partial charge in [0.05, 0.1) is 7.11 Å². The Morgan fingerprint density at radius 3 is 2.83 bits per heavy atom. The number of nitrogens with zero attached hydrogens (tertiary/aromatic N) is 1. The number of rotatable bonds is 7. The molecule has 0 radical (unpaired) electrons. The van der Waals surface area contributed by atoms with Crippen LogP contribution in [0.4, 0.5) is 0 Å². The summed E-state index contributed by atoms with van der Waals surface area (Å²) in [6.07, 6.45) is 0.584. The normalized spacial score (nSPS) is 11.7. The summed E-state index contributed by atoms with van der Waals surface area (Å²) in [6, 6.07) is 7.80. The van der Waals surface area contributed by atoms with Crippen molar-refractivity contribution < 1.29 is 9.47 Å². The average Bonchev–Trinajstić information content (AvgIpc) is 2.40. The third-order valence-electron chi connectivity index (χ3n) is 2.50. The van der Waals surface area contributed by atoms with Gasteiger partial charge in [-0.05, 0) is 26.0 Å². The molecule has 0 aromatic heterocycles. The van der Waals surface area contributed by atoms with E-state index in [2.05, 4.69) is 18.3 Å². The zero-order valence-electron chi connectivity index (χ0n) is 11.2. The van der Waals surface area contributed by atoms with Gasteiger partial charge in [0.25, 0.3) is 0 Å². The number of nitriles is 1. The molecule has 0 saturated heterocycles. The smallest absolute Gasteiger partial charge is 0.181 e. The van der Waals surface area contributed by atoms with Crippen LogP contribution in [0.25, 0.3) is 0 Å². The van der Waals surface area contributed by atoms with Crippen LogP contribution in [0.2, 0.25) is 0 Å². The van der Waals surface area contributed by atoms with E-state index in [4.69, 9.17) is 14.7 Å². The molecule has 0 aliphatic heterocycles. The predicted octanol–water partition coefficient (Wildman–Crippen LogP) is 2.49. The van der Waals surface area contributed by atoms with Crippen molar-refractivity contribution in [2.45, 2.75) is 32.9 Å². The molecule has 1 aromatic rings. The standard InChI is InChI=1S/C14H20N2O2/c1-4-8-16-10-12-6-5-7-13(17-3)14(12)18-11(2)9-15/h5-7,11,16H,4,8,10H2,1-3H3. The molecule has 1 aromatic carbocycles. The number of para-hydroxylation sites is 1. The summed E-state index contributed by atoms with van der Waals surface area (Å²) >= 11 is 0. The summed E-state index contributed by atoms with van der Waals surface area (Å²) in [5.41, 5.74) is 1.00. The molecule has 0 aliphatic carbocycles. The highest BCUT2D eigenvalue weighted by Gasteiger charge is 2.13. The number of benzene rings is 1. The summed E-state index contributed by atoms with van der Waals surface area (Å²) in [6.45, 7) is 5.49. The summed E-state index contributed by atoms with van der Waals surface area (Å²) in [5.74, 6) is 1.31. The molecule has 0 amide bonds. The van der Waals surface area contributed by atoms with Crippen LogP contribution >= 0.6 is 0 Å². The first-order chi connectivity index (χ1) is 8.72. The Morgan fingerprint density at radius 2 is 2.22 bits per heavy atom. The summed E-state index contributed by atoms with van der Waals surface area (Å²) in [7, 11) is 1.60. The van der Waals surface area contributed by atoms with Gasteiger partial charge in [-0.3, -0.25) is 0 Å². The first kappa shape index (κ1) is 14.3. The minimum atomic E-state index is -0.494. The number of nitrogens with one attached hydrogen (secondary N) is 1. The van der Waals surface area contributed by atoms with Gasteiger partial charge in [0, 0.05) is 12.1 Å². The minimum Gasteiger partial charge on any atom is -0.493 e. The Kier molecular flexibility index (Phi) is 6.03. The Labute approximate surface area is 109 Å². The minimum absolute atomic E-state index is 0.494. The number of hydrogen-bond donors (Lipinski definition) is 1. The summed E-state index contributed by atoms with van der Waals surface area (Å²) in [5, 5.41) is 12.1. The third-order valence-corrected chi connectivity index (χ3v) is 2.50. The van der Waals surface area contributed by atoms with Crippen molar-refractivity contribution in [1.29, 1.82) is 5.26 Å². The van der Waals surface area contributed by atoms with Crippen LogP contribution in [0.5, 0.6) is 11.5 Å². The fourth-order valence-electron chi connectivity index (χ4n) is 1.60. The third kappa shape index (κ3) is 3.94. The van der Waals surface area contributed by atoms with E-state index in [0.717, 1.165) is 18.5 Å². The Morgan fingerprint density at radius 1 is 1.44 bits per heavy atom. The SMILES string of the molecule is CCCNCc1cccc(OC)c1OC(C)C#N. The maximum absolute atomic E-state index is 8.83. The van der Waals surface area contributed by atoms with Crippen LogP contribution in [0.3, 0.4) is 0 Å². The van der Waals surface area contributed by atoms with Gasteiger partial charge in [0.2, 0.25) is 0 Å². The van der Waals surface area contributed by atoms with E-state index in [1.165, 1.54) is 0 Å². The quantitative estimate of drug-likeness (QED) is 0.753. The zero-order chi connectivity index (χ0) is 13.4. The van der Waals surface area contributed by atoms with Crippen molar-refractivity contribution in [2.24, 2.45) is 0 Å². The van der Waals surface area contributed by atoms with Gasteiger partial charge in [-0.25, -0.2) is 0 Å². The second kappa shape index (κ2) is 7.57. The molecular weight excluding hydrogens is 228 g/mol. The molecule has 18 heavy (non-hydrogen) atoms. The van der Waals surface area contributed by atoms with Gasteiger partial charge < -0.3 is 14.8 Å². The van der Waals surface area contributed by atoms with Gasteiger partial charge in [-0.1, -0.05) is 19.1 Å². The molecule has 0 heterocycles. The van der Waals surface area contributed by atoms with Crippen LogP contribution in [0.15, 0.2) is 18.2 Å². The number of hydrogen-bond acceptors (Lipinski definition) is 4. The van der Waals surface area contributed by atoms with E-state index in [0.29, 0.717) is 18.0 Å². The molecule has 98 valence electrons. The second-order valence-corrected chi connectivity index (χ2v) is 4.01. The largest absolute Gasteiger partial charge is 0.493 e. The van der Waals surface area contributed by atoms with Gasteiger partial charge in [0.15, 0.2) is 17.6 Å². The van der Waals surface area contributed by atoms with Crippen LogP contribution in [0.1, 0.15) is 25.8 Å². The molecule has 0 bridgehead atoms. The molecule has 0 spiro atoms. The van der Waals surface area contributed by atoms with Crippen LogP contribution in [-0.4, -0.2) is 19.8 Å². The highest BCUT2D eigenvalue weighted by atomic mass is 16.5. The molecule has 4 heteroatoms. The lowest BCUT2D eigenvalue weighted by Gasteiger charge is -2.16. The molecule has 1 atom stereocenters. The average molecular weight is 248 g/mol. The van der Waals surface area contributed by atoms with Crippen LogP contribution in [0, 0.1) is 11.3 Å². The molecule has 1 unspecified atom stereocenters. The fraction of sp³-hybridized carbons (Fsp3) is 0.500. The van der Waals surface area contributed by atoms with E-state index in [1.54, 1.807) is 14.0 Å². The molecule has 1 N–H and O–H groups in total. The topological polar surface area (TPSA) is 54.3 Å². The lowest BCUT2D eigenvalue weighted by atomic mass is 10.1. The molecule has 0 saturated carbocycles. The van der Waals surface area contributed by atoms with E-state index in [1.807, 2.05) is 18.2 Å². The van der Waals surface area contributed by atoms with Crippen molar-refractivity contribution in [2.75, 3.05) is 13.7 Å². The number of methoxy groups -OCH3 is 1. The second-order valence-electron chi connectivity index (χ2n) is 4.01. The van der Waals surface area contributed by atoms with Crippen molar-refractivity contribution in [3.05, 3.63) is 23.8 Å². The number of ether oxygens (including phenoxy) is 2. The van der Waals surface area contributed by atoms with E-state index in [9.17, 15) is 0 Å². The highest BCUT2D eigenvalue weighted by Crippen LogP contribution is 2.31. The van der Waals surface area contributed by atoms with Crippen molar-refractivity contribution in [3.8, 4) is 17.6 Å². The Balaban J connectivity index is 2.90.